The van der Waals surface area contributed by atoms with Gasteiger partial charge < -0.3 is 14.8 Å². The van der Waals surface area contributed by atoms with E-state index in [1.54, 1.807) is 62.6 Å². The normalized spacial score (nSPS) is 9.91. The highest BCUT2D eigenvalue weighted by Gasteiger charge is 2.09. The summed E-state index contributed by atoms with van der Waals surface area (Å²) in [4.78, 5) is 23.4. The topological polar surface area (TPSA) is 64.6 Å². The van der Waals surface area contributed by atoms with E-state index in [0.29, 0.717) is 29.2 Å². The summed E-state index contributed by atoms with van der Waals surface area (Å²) < 4.78 is 10.3. The van der Waals surface area contributed by atoms with E-state index in [1.165, 1.54) is 0 Å². The lowest BCUT2D eigenvalue weighted by Gasteiger charge is -2.08. The van der Waals surface area contributed by atoms with Crippen LogP contribution >= 0.6 is 0 Å². The molecule has 0 atom stereocenters. The molecular weight excluding hydrogens is 282 g/mol. The van der Waals surface area contributed by atoms with Crippen molar-refractivity contribution in [3.63, 3.8) is 0 Å². The van der Waals surface area contributed by atoms with Crippen LogP contribution in [0.4, 0.5) is 5.69 Å². The predicted octanol–water partition coefficient (Wildman–Crippen LogP) is 3.26. The Morgan fingerprint density at radius 3 is 2.41 bits per heavy atom. The number of carbonyl (C=O) groups excluding carboxylic acids is 2. The van der Waals surface area contributed by atoms with Crippen LogP contribution in [0.15, 0.2) is 48.5 Å². The van der Waals surface area contributed by atoms with E-state index < -0.39 is 5.97 Å². The molecule has 0 spiro atoms. The second-order valence-electron chi connectivity index (χ2n) is 4.55. The van der Waals surface area contributed by atoms with Gasteiger partial charge in [0.05, 0.1) is 12.7 Å². The van der Waals surface area contributed by atoms with Crippen LogP contribution in [0.3, 0.4) is 0 Å². The van der Waals surface area contributed by atoms with Crippen LogP contribution in [0, 0.1) is 0 Å². The van der Waals surface area contributed by atoms with Crippen molar-refractivity contribution in [2.75, 3.05) is 12.4 Å². The Bertz CT molecular complexity index is 665. The molecule has 0 heterocycles. The summed E-state index contributed by atoms with van der Waals surface area (Å²) in [5, 5.41) is 2.71. The third-order valence-corrected chi connectivity index (χ3v) is 2.98. The number of amides is 1. The molecule has 0 aromatic heterocycles. The molecule has 1 N–H and O–H groups in total. The fraction of sp³-hybridized carbons (Fsp3) is 0.176. The second kappa shape index (κ2) is 7.26. The zero-order valence-corrected chi connectivity index (χ0v) is 12.5. The summed E-state index contributed by atoms with van der Waals surface area (Å²) in [5.74, 6) is 0.468. The molecule has 0 saturated heterocycles. The maximum Gasteiger partial charge on any atom is 0.343 e. The Labute approximate surface area is 128 Å². The van der Waals surface area contributed by atoms with Gasteiger partial charge in [0.1, 0.15) is 11.5 Å². The molecule has 114 valence electrons. The Hall–Kier alpha value is -2.82. The molecule has 0 bridgehead atoms. The number of hydrogen-bond acceptors (Lipinski definition) is 4. The molecule has 2 aromatic carbocycles. The van der Waals surface area contributed by atoms with E-state index in [9.17, 15) is 9.59 Å². The first-order chi connectivity index (χ1) is 10.6. The van der Waals surface area contributed by atoms with Crippen LogP contribution in [-0.2, 0) is 4.79 Å². The SMILES string of the molecule is CCC(=O)Nc1cccc(OC(=O)c2ccc(OC)cc2)c1. The molecule has 2 aromatic rings. The molecule has 0 saturated carbocycles. The maximum absolute atomic E-state index is 12.1. The van der Waals surface area contributed by atoms with E-state index in [2.05, 4.69) is 5.32 Å². The summed E-state index contributed by atoms with van der Waals surface area (Å²) >= 11 is 0. The van der Waals surface area contributed by atoms with Crippen molar-refractivity contribution in [2.24, 2.45) is 0 Å². The molecule has 0 aliphatic rings. The van der Waals surface area contributed by atoms with Crippen molar-refractivity contribution in [3.8, 4) is 11.5 Å². The number of esters is 1. The largest absolute Gasteiger partial charge is 0.497 e. The second-order valence-corrected chi connectivity index (χ2v) is 4.55. The summed E-state index contributed by atoms with van der Waals surface area (Å²) in [5.41, 5.74) is 1.01. The van der Waals surface area contributed by atoms with Gasteiger partial charge in [-0.25, -0.2) is 4.79 Å². The number of hydrogen-bond donors (Lipinski definition) is 1. The summed E-state index contributed by atoms with van der Waals surface area (Å²) in [6.45, 7) is 1.77. The minimum Gasteiger partial charge on any atom is -0.497 e. The molecule has 5 nitrogen and oxygen atoms in total. The Kier molecular flexibility index (Phi) is 5.14. The average molecular weight is 299 g/mol. The van der Waals surface area contributed by atoms with Crippen LogP contribution in [0.25, 0.3) is 0 Å². The smallest absolute Gasteiger partial charge is 0.343 e. The van der Waals surface area contributed by atoms with Crippen molar-refractivity contribution < 1.29 is 19.1 Å². The highest BCUT2D eigenvalue weighted by molar-refractivity contribution is 5.92. The average Bonchev–Trinajstić information content (AvgIpc) is 2.55. The Morgan fingerprint density at radius 2 is 1.77 bits per heavy atom. The minimum atomic E-state index is -0.471. The van der Waals surface area contributed by atoms with Gasteiger partial charge in [-0.3, -0.25) is 4.79 Å². The van der Waals surface area contributed by atoms with Gasteiger partial charge in [0.2, 0.25) is 5.91 Å². The van der Waals surface area contributed by atoms with Crippen molar-refractivity contribution in [1.82, 2.24) is 0 Å². The van der Waals surface area contributed by atoms with Gasteiger partial charge in [0.15, 0.2) is 0 Å². The van der Waals surface area contributed by atoms with E-state index in [0.717, 1.165) is 0 Å². The van der Waals surface area contributed by atoms with Crippen LogP contribution in [0.5, 0.6) is 11.5 Å². The van der Waals surface area contributed by atoms with Gasteiger partial charge in [-0.15, -0.1) is 0 Å². The molecule has 22 heavy (non-hydrogen) atoms. The predicted molar refractivity (Wildman–Crippen MR) is 83.3 cm³/mol. The molecule has 0 fully saturated rings. The van der Waals surface area contributed by atoms with Gasteiger partial charge in [-0.05, 0) is 36.4 Å². The Balaban J connectivity index is 2.07. The lowest BCUT2D eigenvalue weighted by atomic mass is 10.2. The fourth-order valence-electron chi connectivity index (χ4n) is 1.78. The zero-order chi connectivity index (χ0) is 15.9. The van der Waals surface area contributed by atoms with Gasteiger partial charge in [-0.1, -0.05) is 13.0 Å². The standard InChI is InChI=1S/C17H17NO4/c1-3-16(19)18-13-5-4-6-15(11-13)22-17(20)12-7-9-14(21-2)10-8-12/h4-11H,3H2,1-2H3,(H,18,19). The van der Waals surface area contributed by atoms with Crippen molar-refractivity contribution in [1.29, 1.82) is 0 Å². The first-order valence-corrected chi connectivity index (χ1v) is 6.88. The van der Waals surface area contributed by atoms with Gasteiger partial charge in [0, 0.05) is 18.2 Å². The van der Waals surface area contributed by atoms with Gasteiger partial charge >= 0.3 is 5.97 Å². The van der Waals surface area contributed by atoms with Crippen LogP contribution < -0.4 is 14.8 Å². The van der Waals surface area contributed by atoms with Crippen LogP contribution in [0.2, 0.25) is 0 Å². The maximum atomic E-state index is 12.1. The lowest BCUT2D eigenvalue weighted by Crippen LogP contribution is -2.11. The molecule has 0 aliphatic heterocycles. The van der Waals surface area contributed by atoms with E-state index in [4.69, 9.17) is 9.47 Å². The first-order valence-electron chi connectivity index (χ1n) is 6.88. The molecule has 5 heteroatoms. The van der Waals surface area contributed by atoms with Gasteiger partial charge in [0.25, 0.3) is 0 Å². The zero-order valence-electron chi connectivity index (χ0n) is 12.5. The third-order valence-electron chi connectivity index (χ3n) is 2.98. The van der Waals surface area contributed by atoms with Crippen molar-refractivity contribution in [2.45, 2.75) is 13.3 Å². The highest BCUT2D eigenvalue weighted by atomic mass is 16.5. The third kappa shape index (κ3) is 4.09. The molecule has 0 aliphatic carbocycles. The molecule has 0 unspecified atom stereocenters. The highest BCUT2D eigenvalue weighted by Crippen LogP contribution is 2.19. The Morgan fingerprint density at radius 1 is 1.05 bits per heavy atom. The quantitative estimate of drug-likeness (QED) is 0.680. The number of nitrogens with one attached hydrogen (secondary N) is 1. The minimum absolute atomic E-state index is 0.0985. The monoisotopic (exact) mass is 299 g/mol. The van der Waals surface area contributed by atoms with Crippen molar-refractivity contribution in [3.05, 3.63) is 54.1 Å². The fourth-order valence-corrected chi connectivity index (χ4v) is 1.78. The molecule has 0 radical (unpaired) electrons. The summed E-state index contributed by atoms with van der Waals surface area (Å²) in [6, 6.07) is 13.3. The lowest BCUT2D eigenvalue weighted by molar-refractivity contribution is -0.115. The number of ether oxygens (including phenoxy) is 2. The van der Waals surface area contributed by atoms with Gasteiger partial charge in [-0.2, -0.15) is 0 Å². The van der Waals surface area contributed by atoms with E-state index in [-0.39, 0.29) is 5.91 Å². The van der Waals surface area contributed by atoms with E-state index in [1.807, 2.05) is 0 Å². The first kappa shape index (κ1) is 15.6. The molecule has 2 rings (SSSR count). The number of carbonyl (C=O) groups is 2. The van der Waals surface area contributed by atoms with E-state index >= 15 is 0 Å². The number of benzene rings is 2. The number of anilines is 1. The van der Waals surface area contributed by atoms with Crippen molar-refractivity contribution >= 4 is 17.6 Å². The molecule has 1 amide bonds. The van der Waals surface area contributed by atoms with Crippen LogP contribution in [-0.4, -0.2) is 19.0 Å². The summed E-state index contributed by atoms with van der Waals surface area (Å²) in [6.07, 6.45) is 0.385. The van der Waals surface area contributed by atoms with Crippen LogP contribution in [0.1, 0.15) is 23.7 Å². The number of rotatable bonds is 5. The molecular formula is C17H17NO4. The summed E-state index contributed by atoms with van der Waals surface area (Å²) in [7, 11) is 1.56. The number of methoxy groups -OCH3 is 1.